The number of rotatable bonds is 6. The van der Waals surface area contributed by atoms with Crippen LogP contribution in [-0.2, 0) is 6.54 Å². The fourth-order valence-corrected chi connectivity index (χ4v) is 6.55. The minimum atomic E-state index is -0.0496. The Morgan fingerprint density at radius 1 is 0.674 bits per heavy atom. The third kappa shape index (κ3) is 4.09. The number of nitrogen functional groups attached to an aromatic ring is 1. The monoisotopic (exact) mass is 557 g/mol. The maximum absolute atomic E-state index is 7.33. The summed E-state index contributed by atoms with van der Waals surface area (Å²) in [7, 11) is 0. The molecule has 0 radical (unpaired) electrons. The molecule has 7 aromatic rings. The van der Waals surface area contributed by atoms with Gasteiger partial charge in [-0.15, -0.1) is 0 Å². The molecular weight excluding hydrogens is 526 g/mol. The van der Waals surface area contributed by atoms with E-state index < -0.39 is 0 Å². The summed E-state index contributed by atoms with van der Waals surface area (Å²) in [5, 5.41) is 7.13. The number of fused-ring (bicyclic) bond motifs is 5. The summed E-state index contributed by atoms with van der Waals surface area (Å²) in [4.78, 5) is 2.37. The zero-order chi connectivity index (χ0) is 28.8. The molecular formula is C38H31N5. The number of allylic oxidation sites excluding steroid dienone is 2. The Morgan fingerprint density at radius 2 is 1.37 bits per heavy atom. The fraction of sp³-hybridized carbons (Fsp3) is 0.0526. The van der Waals surface area contributed by atoms with Gasteiger partial charge in [0.25, 0.3) is 0 Å². The second-order valence-electron chi connectivity index (χ2n) is 10.9. The highest BCUT2D eigenvalue weighted by Crippen LogP contribution is 2.47. The Hall–Kier alpha value is -5.68. The van der Waals surface area contributed by atoms with Gasteiger partial charge in [-0.05, 0) is 60.3 Å². The lowest BCUT2D eigenvalue weighted by molar-refractivity contribution is 0.578. The van der Waals surface area contributed by atoms with E-state index in [9.17, 15) is 0 Å². The summed E-state index contributed by atoms with van der Waals surface area (Å²) in [5.74, 6) is 0.706. The number of anilines is 3. The largest absolute Gasteiger partial charge is 0.383 e. The zero-order valence-electron chi connectivity index (χ0n) is 23.6. The van der Waals surface area contributed by atoms with E-state index in [4.69, 9.17) is 5.73 Å². The standard InChI is InChI=1S/C38H31N5/c39-38-37(41(28-16-6-2-7-17-28)26-27-14-4-1-5-15-27)35-33(42(38)29-18-8-3-9-19-29)24-23-31-30-20-10-11-21-32(30)43(36(31)35)34-22-12-13-25-40-34/h1-25,34,40H,26,39H2. The number of benzene rings is 5. The quantitative estimate of drug-likeness (QED) is 0.215. The van der Waals surface area contributed by atoms with Gasteiger partial charge >= 0.3 is 0 Å². The Balaban J connectivity index is 1.54. The Kier molecular flexibility index (Phi) is 6.00. The Labute approximate surface area is 250 Å². The van der Waals surface area contributed by atoms with E-state index in [1.54, 1.807) is 0 Å². The van der Waals surface area contributed by atoms with Crippen molar-refractivity contribution in [3.05, 3.63) is 157 Å². The number of nitrogens with two attached hydrogens (primary N) is 1. The number of nitrogens with zero attached hydrogens (tertiary/aromatic N) is 3. The van der Waals surface area contributed by atoms with Crippen LogP contribution in [0.4, 0.5) is 17.2 Å². The van der Waals surface area contributed by atoms with Crippen LogP contribution in [0.1, 0.15) is 11.7 Å². The first-order valence-electron chi connectivity index (χ1n) is 14.7. The highest BCUT2D eigenvalue weighted by molar-refractivity contribution is 6.23. The Bertz CT molecular complexity index is 2140. The molecule has 0 bridgehead atoms. The molecule has 43 heavy (non-hydrogen) atoms. The molecule has 1 aliphatic rings. The van der Waals surface area contributed by atoms with E-state index in [1.165, 1.54) is 21.9 Å². The predicted octanol–water partition coefficient (Wildman–Crippen LogP) is 8.83. The van der Waals surface area contributed by atoms with E-state index in [0.717, 1.165) is 33.5 Å². The third-order valence-electron chi connectivity index (χ3n) is 8.39. The van der Waals surface area contributed by atoms with Crippen LogP contribution in [0.5, 0.6) is 0 Å². The van der Waals surface area contributed by atoms with Crippen molar-refractivity contribution in [1.29, 1.82) is 0 Å². The number of para-hydroxylation sites is 3. The van der Waals surface area contributed by atoms with Gasteiger partial charge in [0.2, 0.25) is 0 Å². The molecule has 0 aliphatic carbocycles. The molecule has 2 aromatic heterocycles. The summed E-state index contributed by atoms with van der Waals surface area (Å²) in [5.41, 5.74) is 15.0. The second kappa shape index (κ2) is 10.3. The molecule has 5 heteroatoms. The van der Waals surface area contributed by atoms with Gasteiger partial charge in [-0.1, -0.05) is 97.1 Å². The highest BCUT2D eigenvalue weighted by Gasteiger charge is 2.28. The van der Waals surface area contributed by atoms with Crippen LogP contribution < -0.4 is 16.0 Å². The number of hydrogen-bond donors (Lipinski definition) is 2. The van der Waals surface area contributed by atoms with Crippen molar-refractivity contribution in [2.75, 3.05) is 10.6 Å². The molecule has 5 nitrogen and oxygen atoms in total. The SMILES string of the molecule is Nc1c(N(Cc2ccccc2)c2ccccc2)c2c(ccc3c4ccccc4n(C4C=CC=CN4)c32)n1-c1ccccc1. The summed E-state index contributed by atoms with van der Waals surface area (Å²) >= 11 is 0. The molecule has 0 spiro atoms. The van der Waals surface area contributed by atoms with Gasteiger partial charge in [0.05, 0.1) is 27.6 Å². The van der Waals surface area contributed by atoms with Gasteiger partial charge in [0.15, 0.2) is 0 Å². The van der Waals surface area contributed by atoms with Crippen LogP contribution in [-0.4, -0.2) is 9.13 Å². The van der Waals surface area contributed by atoms with Crippen LogP contribution in [0.3, 0.4) is 0 Å². The second-order valence-corrected chi connectivity index (χ2v) is 10.9. The number of hydrogen-bond acceptors (Lipinski definition) is 3. The zero-order valence-corrected chi connectivity index (χ0v) is 23.6. The van der Waals surface area contributed by atoms with Crippen molar-refractivity contribution in [3.8, 4) is 5.69 Å². The average molecular weight is 558 g/mol. The van der Waals surface area contributed by atoms with Gasteiger partial charge in [-0.2, -0.15) is 0 Å². The van der Waals surface area contributed by atoms with Crippen molar-refractivity contribution in [2.24, 2.45) is 0 Å². The van der Waals surface area contributed by atoms with Gasteiger partial charge < -0.3 is 20.5 Å². The van der Waals surface area contributed by atoms with Crippen molar-refractivity contribution in [2.45, 2.75) is 12.7 Å². The molecule has 0 fully saturated rings. The fourth-order valence-electron chi connectivity index (χ4n) is 6.55. The first-order valence-corrected chi connectivity index (χ1v) is 14.7. The molecule has 1 unspecified atom stereocenters. The first-order chi connectivity index (χ1) is 21.3. The number of dihydropyridines is 1. The third-order valence-corrected chi connectivity index (χ3v) is 8.39. The van der Waals surface area contributed by atoms with Crippen LogP contribution in [0.15, 0.2) is 152 Å². The van der Waals surface area contributed by atoms with E-state index in [-0.39, 0.29) is 6.17 Å². The van der Waals surface area contributed by atoms with Crippen LogP contribution in [0.2, 0.25) is 0 Å². The first kappa shape index (κ1) is 25.1. The summed E-state index contributed by atoms with van der Waals surface area (Å²) in [6, 6.07) is 44.8. The minimum Gasteiger partial charge on any atom is -0.383 e. The van der Waals surface area contributed by atoms with Crippen LogP contribution >= 0.6 is 0 Å². The van der Waals surface area contributed by atoms with Crippen molar-refractivity contribution in [1.82, 2.24) is 14.5 Å². The average Bonchev–Trinajstić information content (AvgIpc) is 3.57. The minimum absolute atomic E-state index is 0.0496. The molecule has 1 atom stereocenters. The predicted molar refractivity (Wildman–Crippen MR) is 180 cm³/mol. The summed E-state index contributed by atoms with van der Waals surface area (Å²) in [6.07, 6.45) is 8.32. The molecule has 0 saturated heterocycles. The van der Waals surface area contributed by atoms with Crippen LogP contribution in [0.25, 0.3) is 38.4 Å². The van der Waals surface area contributed by atoms with E-state index in [2.05, 4.69) is 153 Å². The molecule has 0 saturated carbocycles. The van der Waals surface area contributed by atoms with Gasteiger partial charge in [-0.3, -0.25) is 4.57 Å². The summed E-state index contributed by atoms with van der Waals surface area (Å²) in [6.45, 7) is 0.671. The van der Waals surface area contributed by atoms with Crippen molar-refractivity contribution >= 4 is 49.9 Å². The maximum Gasteiger partial charge on any atom is 0.133 e. The van der Waals surface area contributed by atoms with Crippen molar-refractivity contribution < 1.29 is 0 Å². The van der Waals surface area contributed by atoms with E-state index in [1.807, 2.05) is 18.3 Å². The molecule has 1 aliphatic heterocycles. The summed E-state index contributed by atoms with van der Waals surface area (Å²) < 4.78 is 4.63. The molecule has 208 valence electrons. The number of aromatic nitrogens is 2. The van der Waals surface area contributed by atoms with Gasteiger partial charge in [0.1, 0.15) is 12.0 Å². The molecule has 3 heterocycles. The highest BCUT2D eigenvalue weighted by atomic mass is 15.2. The molecule has 5 aromatic carbocycles. The maximum atomic E-state index is 7.33. The van der Waals surface area contributed by atoms with Gasteiger partial charge in [-0.25, -0.2) is 0 Å². The smallest absolute Gasteiger partial charge is 0.133 e. The van der Waals surface area contributed by atoms with E-state index in [0.29, 0.717) is 12.4 Å². The lowest BCUT2D eigenvalue weighted by Crippen LogP contribution is -2.22. The topological polar surface area (TPSA) is 51.1 Å². The molecule has 8 rings (SSSR count). The number of nitrogens with one attached hydrogen (secondary N) is 1. The molecule has 0 amide bonds. The van der Waals surface area contributed by atoms with E-state index >= 15 is 0 Å². The van der Waals surface area contributed by atoms with Gasteiger partial charge in [0, 0.05) is 28.7 Å². The van der Waals surface area contributed by atoms with Crippen LogP contribution in [0, 0.1) is 0 Å². The lowest BCUT2D eigenvalue weighted by atomic mass is 10.1. The normalized spacial score (nSPS) is 14.5. The van der Waals surface area contributed by atoms with Crippen molar-refractivity contribution in [3.63, 3.8) is 0 Å². The lowest BCUT2D eigenvalue weighted by Gasteiger charge is -2.26. The molecule has 3 N–H and O–H groups in total. The Morgan fingerprint density at radius 3 is 2.12 bits per heavy atom.